The number of nitrogens with zero attached hydrogens (tertiary/aromatic N) is 3. The van der Waals surface area contributed by atoms with E-state index in [1.54, 1.807) is 17.7 Å². The van der Waals surface area contributed by atoms with Crippen molar-refractivity contribution in [1.82, 2.24) is 9.78 Å². The first-order valence-electron chi connectivity index (χ1n) is 6.90. The minimum Gasteiger partial charge on any atom is -0.380 e. The van der Waals surface area contributed by atoms with Crippen LogP contribution in [0, 0.1) is 17.0 Å². The van der Waals surface area contributed by atoms with Gasteiger partial charge in [0.1, 0.15) is 0 Å². The van der Waals surface area contributed by atoms with Crippen LogP contribution in [-0.4, -0.2) is 14.7 Å². The number of rotatable bonds is 5. The van der Waals surface area contributed by atoms with Crippen molar-refractivity contribution in [3.05, 3.63) is 51.3 Å². The van der Waals surface area contributed by atoms with Crippen LogP contribution in [0.15, 0.2) is 24.4 Å². The Morgan fingerprint density at radius 2 is 2.14 bits per heavy atom. The van der Waals surface area contributed by atoms with E-state index in [1.807, 2.05) is 19.3 Å². The van der Waals surface area contributed by atoms with Gasteiger partial charge in [0.25, 0.3) is 5.69 Å². The Labute approximate surface area is 123 Å². The fourth-order valence-electron chi connectivity index (χ4n) is 2.38. The van der Waals surface area contributed by atoms with Gasteiger partial charge >= 0.3 is 0 Å². The molecule has 2 rings (SSSR count). The monoisotopic (exact) mass is 288 g/mol. The van der Waals surface area contributed by atoms with E-state index in [4.69, 9.17) is 0 Å². The molecule has 6 nitrogen and oxygen atoms in total. The predicted octanol–water partition coefficient (Wildman–Crippen LogP) is 3.37. The van der Waals surface area contributed by atoms with E-state index in [1.165, 1.54) is 6.07 Å². The highest BCUT2D eigenvalue weighted by atomic mass is 16.6. The second-order valence-corrected chi connectivity index (χ2v) is 5.43. The average molecular weight is 288 g/mol. The predicted molar refractivity (Wildman–Crippen MR) is 82.5 cm³/mol. The Morgan fingerprint density at radius 3 is 2.76 bits per heavy atom. The van der Waals surface area contributed by atoms with Crippen LogP contribution < -0.4 is 5.32 Å². The number of aryl methyl sites for hydroxylation is 1. The Balaban J connectivity index is 2.21. The number of aromatic nitrogens is 2. The first-order chi connectivity index (χ1) is 9.90. The topological polar surface area (TPSA) is 73.0 Å². The Morgan fingerprint density at radius 1 is 1.43 bits per heavy atom. The molecule has 2 aromatic rings. The lowest BCUT2D eigenvalue weighted by Gasteiger charge is -2.10. The molecule has 1 aromatic heterocycles. The lowest BCUT2D eigenvalue weighted by atomic mass is 10.1. The Bertz CT molecular complexity index is 662. The van der Waals surface area contributed by atoms with Crippen LogP contribution in [0.1, 0.15) is 36.6 Å². The van der Waals surface area contributed by atoms with Gasteiger partial charge in [-0.3, -0.25) is 14.8 Å². The SMILES string of the molecule is Cc1c(NCc2cn(C)nc2C(C)C)cccc1[N+](=O)[O-]. The highest BCUT2D eigenvalue weighted by molar-refractivity contribution is 5.59. The largest absolute Gasteiger partial charge is 0.380 e. The average Bonchev–Trinajstić information content (AvgIpc) is 2.78. The molecule has 1 aromatic carbocycles. The molecule has 1 heterocycles. The minimum atomic E-state index is -0.357. The summed E-state index contributed by atoms with van der Waals surface area (Å²) in [5.74, 6) is 0.342. The van der Waals surface area contributed by atoms with E-state index < -0.39 is 0 Å². The summed E-state index contributed by atoms with van der Waals surface area (Å²) in [4.78, 5) is 10.6. The van der Waals surface area contributed by atoms with Crippen molar-refractivity contribution in [2.75, 3.05) is 5.32 Å². The van der Waals surface area contributed by atoms with Gasteiger partial charge in [-0.25, -0.2) is 0 Å². The highest BCUT2D eigenvalue weighted by Crippen LogP contribution is 2.26. The maximum Gasteiger partial charge on any atom is 0.274 e. The second-order valence-electron chi connectivity index (χ2n) is 5.43. The Hall–Kier alpha value is -2.37. The molecule has 0 aliphatic rings. The number of nitro groups is 1. The van der Waals surface area contributed by atoms with E-state index in [9.17, 15) is 10.1 Å². The molecule has 0 aliphatic carbocycles. The zero-order chi connectivity index (χ0) is 15.6. The third-order valence-electron chi connectivity index (χ3n) is 3.46. The number of nitro benzene ring substituents is 1. The van der Waals surface area contributed by atoms with Crippen LogP contribution in [0.2, 0.25) is 0 Å². The van der Waals surface area contributed by atoms with E-state index in [-0.39, 0.29) is 10.6 Å². The van der Waals surface area contributed by atoms with Gasteiger partial charge in [-0.1, -0.05) is 19.9 Å². The zero-order valence-electron chi connectivity index (χ0n) is 12.8. The molecule has 0 fully saturated rings. The summed E-state index contributed by atoms with van der Waals surface area (Å²) in [6, 6.07) is 5.07. The lowest BCUT2D eigenvalue weighted by Crippen LogP contribution is -2.04. The number of hydrogen-bond acceptors (Lipinski definition) is 4. The van der Waals surface area contributed by atoms with Crippen LogP contribution in [-0.2, 0) is 13.6 Å². The normalized spacial score (nSPS) is 10.9. The van der Waals surface area contributed by atoms with Crippen LogP contribution in [0.3, 0.4) is 0 Å². The van der Waals surface area contributed by atoms with Gasteiger partial charge in [0.2, 0.25) is 0 Å². The molecule has 0 spiro atoms. The summed E-state index contributed by atoms with van der Waals surface area (Å²) in [5, 5.41) is 18.7. The van der Waals surface area contributed by atoms with Crippen LogP contribution >= 0.6 is 0 Å². The van der Waals surface area contributed by atoms with Gasteiger partial charge in [0.15, 0.2) is 0 Å². The number of anilines is 1. The summed E-state index contributed by atoms with van der Waals surface area (Å²) in [5.41, 5.74) is 3.72. The molecular weight excluding hydrogens is 268 g/mol. The van der Waals surface area contributed by atoms with Crippen LogP contribution in [0.25, 0.3) is 0 Å². The maximum atomic E-state index is 11.0. The van der Waals surface area contributed by atoms with E-state index >= 15 is 0 Å². The summed E-state index contributed by atoms with van der Waals surface area (Å²) in [7, 11) is 1.90. The molecule has 0 radical (unpaired) electrons. The molecule has 0 atom stereocenters. The minimum absolute atomic E-state index is 0.135. The standard InChI is InChI=1S/C15H20N4O2/c1-10(2)15-12(9-18(4)17-15)8-16-13-6-5-7-14(11(13)3)19(20)21/h5-7,9-10,16H,8H2,1-4H3. The molecule has 0 saturated heterocycles. The molecule has 6 heteroatoms. The third-order valence-corrected chi connectivity index (χ3v) is 3.46. The van der Waals surface area contributed by atoms with Gasteiger partial charge in [-0.05, 0) is 18.9 Å². The van der Waals surface area contributed by atoms with Crippen molar-refractivity contribution in [3.63, 3.8) is 0 Å². The number of nitrogens with one attached hydrogen (secondary N) is 1. The van der Waals surface area contributed by atoms with Gasteiger partial charge in [-0.15, -0.1) is 0 Å². The third kappa shape index (κ3) is 3.21. The number of benzene rings is 1. The van der Waals surface area contributed by atoms with Crippen molar-refractivity contribution < 1.29 is 4.92 Å². The van der Waals surface area contributed by atoms with Gasteiger partial charge in [0.05, 0.1) is 10.6 Å². The molecule has 0 amide bonds. The first kappa shape index (κ1) is 15.0. The maximum absolute atomic E-state index is 11.0. The molecule has 21 heavy (non-hydrogen) atoms. The zero-order valence-corrected chi connectivity index (χ0v) is 12.8. The fraction of sp³-hybridized carbons (Fsp3) is 0.400. The quantitative estimate of drug-likeness (QED) is 0.676. The van der Waals surface area contributed by atoms with Gasteiger partial charge < -0.3 is 5.32 Å². The van der Waals surface area contributed by atoms with E-state index in [2.05, 4.69) is 24.3 Å². The molecule has 0 bridgehead atoms. The second kappa shape index (κ2) is 5.95. The highest BCUT2D eigenvalue weighted by Gasteiger charge is 2.15. The van der Waals surface area contributed by atoms with Gasteiger partial charge in [0, 0.05) is 42.7 Å². The fourth-order valence-corrected chi connectivity index (χ4v) is 2.38. The smallest absolute Gasteiger partial charge is 0.274 e. The number of hydrogen-bond donors (Lipinski definition) is 1. The van der Waals surface area contributed by atoms with Crippen LogP contribution in [0.4, 0.5) is 11.4 Å². The molecule has 0 aliphatic heterocycles. The van der Waals surface area contributed by atoms with Crippen molar-refractivity contribution >= 4 is 11.4 Å². The summed E-state index contributed by atoms with van der Waals surface area (Å²) in [6.45, 7) is 6.56. The summed E-state index contributed by atoms with van der Waals surface area (Å²) >= 11 is 0. The summed E-state index contributed by atoms with van der Waals surface area (Å²) < 4.78 is 1.80. The van der Waals surface area contributed by atoms with Gasteiger partial charge in [-0.2, -0.15) is 5.10 Å². The molecule has 112 valence electrons. The van der Waals surface area contributed by atoms with Crippen molar-refractivity contribution in [1.29, 1.82) is 0 Å². The van der Waals surface area contributed by atoms with E-state index in [0.29, 0.717) is 18.0 Å². The van der Waals surface area contributed by atoms with Crippen molar-refractivity contribution in [2.24, 2.45) is 7.05 Å². The molecule has 0 saturated carbocycles. The first-order valence-corrected chi connectivity index (χ1v) is 6.90. The lowest BCUT2D eigenvalue weighted by molar-refractivity contribution is -0.385. The van der Waals surface area contributed by atoms with Crippen LogP contribution in [0.5, 0.6) is 0 Å². The van der Waals surface area contributed by atoms with E-state index in [0.717, 1.165) is 16.9 Å². The summed E-state index contributed by atoms with van der Waals surface area (Å²) in [6.07, 6.45) is 1.98. The van der Waals surface area contributed by atoms with Crippen molar-refractivity contribution in [3.8, 4) is 0 Å². The molecule has 1 N–H and O–H groups in total. The van der Waals surface area contributed by atoms with Crippen molar-refractivity contribution in [2.45, 2.75) is 33.2 Å². The Kier molecular flexibility index (Phi) is 4.26. The molecular formula is C15H20N4O2. The molecule has 0 unspecified atom stereocenters.